The van der Waals surface area contributed by atoms with Crippen LogP contribution in [-0.2, 0) is 4.79 Å². The lowest BCUT2D eigenvalue weighted by Crippen LogP contribution is -2.42. The predicted octanol–water partition coefficient (Wildman–Crippen LogP) is 3.61. The third kappa shape index (κ3) is 4.34. The summed E-state index contributed by atoms with van der Waals surface area (Å²) in [6.07, 6.45) is 4.63. The van der Waals surface area contributed by atoms with Crippen LogP contribution in [0.2, 0.25) is 0 Å². The van der Waals surface area contributed by atoms with Crippen molar-refractivity contribution < 1.29 is 4.79 Å². The van der Waals surface area contributed by atoms with Gasteiger partial charge < -0.3 is 4.90 Å². The van der Waals surface area contributed by atoms with Gasteiger partial charge in [0.05, 0.1) is 5.92 Å². The molecular formula is C20H30N2OS. The molecule has 4 heteroatoms. The minimum Gasteiger partial charge on any atom is -0.341 e. The highest BCUT2D eigenvalue weighted by molar-refractivity contribution is 7.99. The zero-order valence-electron chi connectivity index (χ0n) is 14.8. The second-order valence-corrected chi connectivity index (χ2v) is 8.15. The molecule has 1 atom stereocenters. The van der Waals surface area contributed by atoms with Crippen LogP contribution in [0.3, 0.4) is 0 Å². The van der Waals surface area contributed by atoms with Crippen LogP contribution in [0.1, 0.15) is 44.1 Å². The predicted molar refractivity (Wildman–Crippen MR) is 103 cm³/mol. The van der Waals surface area contributed by atoms with E-state index in [4.69, 9.17) is 0 Å². The molecule has 0 saturated carbocycles. The quantitative estimate of drug-likeness (QED) is 0.832. The van der Waals surface area contributed by atoms with Gasteiger partial charge in [-0.2, -0.15) is 11.8 Å². The van der Waals surface area contributed by atoms with Crippen LogP contribution in [0.15, 0.2) is 30.3 Å². The van der Waals surface area contributed by atoms with E-state index in [1.54, 1.807) is 0 Å². The van der Waals surface area contributed by atoms with E-state index in [0.717, 1.165) is 50.6 Å². The Balaban J connectivity index is 1.61. The van der Waals surface area contributed by atoms with Crippen LogP contribution < -0.4 is 0 Å². The second kappa shape index (κ2) is 8.91. The summed E-state index contributed by atoms with van der Waals surface area (Å²) in [6.45, 7) is 6.14. The van der Waals surface area contributed by atoms with E-state index in [1.807, 2.05) is 18.2 Å². The van der Waals surface area contributed by atoms with Crippen molar-refractivity contribution in [2.45, 2.75) is 44.6 Å². The highest BCUT2D eigenvalue weighted by atomic mass is 32.2. The van der Waals surface area contributed by atoms with Gasteiger partial charge in [-0.05, 0) is 42.8 Å². The molecule has 3 rings (SSSR count). The Morgan fingerprint density at radius 1 is 1.12 bits per heavy atom. The maximum atomic E-state index is 13.1. The summed E-state index contributed by atoms with van der Waals surface area (Å²) in [4.78, 5) is 17.8. The van der Waals surface area contributed by atoms with E-state index in [-0.39, 0.29) is 5.92 Å². The lowest BCUT2D eigenvalue weighted by molar-refractivity contribution is -0.132. The SMILES string of the molecule is CC[C@H](C(=O)N1CCCN(C2CCSCC2)CC1)c1ccccc1. The molecule has 0 spiro atoms. The molecule has 1 amide bonds. The van der Waals surface area contributed by atoms with Crippen molar-refractivity contribution >= 4 is 17.7 Å². The summed E-state index contributed by atoms with van der Waals surface area (Å²) < 4.78 is 0. The molecule has 2 saturated heterocycles. The van der Waals surface area contributed by atoms with Gasteiger partial charge in [0.1, 0.15) is 0 Å². The Bertz CT molecular complexity index is 516. The van der Waals surface area contributed by atoms with E-state index < -0.39 is 0 Å². The van der Waals surface area contributed by atoms with E-state index >= 15 is 0 Å². The number of hydrogen-bond acceptors (Lipinski definition) is 3. The Hall–Kier alpha value is -1.00. The number of hydrogen-bond donors (Lipinski definition) is 0. The Kier molecular flexibility index (Phi) is 6.61. The average molecular weight is 347 g/mol. The molecule has 0 radical (unpaired) electrons. The lowest BCUT2D eigenvalue weighted by atomic mass is 9.95. The first kappa shape index (κ1) is 17.8. The molecule has 2 heterocycles. The van der Waals surface area contributed by atoms with Gasteiger partial charge in [0, 0.05) is 32.2 Å². The lowest BCUT2D eigenvalue weighted by Gasteiger charge is -2.33. The topological polar surface area (TPSA) is 23.6 Å². The first-order valence-corrected chi connectivity index (χ1v) is 10.6. The molecule has 0 N–H and O–H groups in total. The summed E-state index contributed by atoms with van der Waals surface area (Å²) in [6, 6.07) is 11.0. The van der Waals surface area contributed by atoms with E-state index in [0.29, 0.717) is 5.91 Å². The smallest absolute Gasteiger partial charge is 0.230 e. The summed E-state index contributed by atoms with van der Waals surface area (Å²) in [5, 5.41) is 0. The Morgan fingerprint density at radius 3 is 2.58 bits per heavy atom. The molecule has 24 heavy (non-hydrogen) atoms. The minimum absolute atomic E-state index is 0.0174. The number of nitrogens with zero attached hydrogens (tertiary/aromatic N) is 2. The van der Waals surface area contributed by atoms with E-state index in [9.17, 15) is 4.79 Å². The third-order valence-electron chi connectivity index (χ3n) is 5.46. The Morgan fingerprint density at radius 2 is 1.88 bits per heavy atom. The molecule has 0 bridgehead atoms. The molecule has 2 aliphatic rings. The number of carbonyl (C=O) groups excluding carboxylic acids is 1. The highest BCUT2D eigenvalue weighted by Gasteiger charge is 2.28. The van der Waals surface area contributed by atoms with Gasteiger partial charge in [0.15, 0.2) is 0 Å². The van der Waals surface area contributed by atoms with Gasteiger partial charge >= 0.3 is 0 Å². The number of benzene rings is 1. The maximum absolute atomic E-state index is 13.1. The minimum atomic E-state index is 0.0174. The monoisotopic (exact) mass is 346 g/mol. The fourth-order valence-corrected chi connectivity index (χ4v) is 5.11. The van der Waals surface area contributed by atoms with Crippen molar-refractivity contribution in [3.05, 3.63) is 35.9 Å². The van der Waals surface area contributed by atoms with Crippen LogP contribution in [0.25, 0.3) is 0 Å². The van der Waals surface area contributed by atoms with Crippen molar-refractivity contribution in [1.29, 1.82) is 0 Å². The molecular weight excluding hydrogens is 316 g/mol. The first-order chi connectivity index (χ1) is 11.8. The first-order valence-electron chi connectivity index (χ1n) is 9.45. The number of amides is 1. The van der Waals surface area contributed by atoms with Crippen molar-refractivity contribution in [3.8, 4) is 0 Å². The average Bonchev–Trinajstić information content (AvgIpc) is 2.90. The van der Waals surface area contributed by atoms with Crippen LogP contribution in [0.5, 0.6) is 0 Å². The van der Waals surface area contributed by atoms with E-state index in [2.05, 4.69) is 40.6 Å². The second-order valence-electron chi connectivity index (χ2n) is 6.93. The molecule has 2 aliphatic heterocycles. The standard InChI is InChI=1S/C20H30N2OS/c1-2-19(17-7-4-3-5-8-17)20(23)22-12-6-11-21(13-14-22)18-9-15-24-16-10-18/h3-5,7-8,18-19H,2,6,9-16H2,1H3/t19-/m0/s1. The maximum Gasteiger partial charge on any atom is 0.230 e. The fraction of sp³-hybridized carbons (Fsp3) is 0.650. The van der Waals surface area contributed by atoms with Crippen molar-refractivity contribution in [2.24, 2.45) is 0 Å². The zero-order chi connectivity index (χ0) is 16.8. The molecule has 2 fully saturated rings. The normalized spacial score (nSPS) is 22.1. The summed E-state index contributed by atoms with van der Waals surface area (Å²) in [5.41, 5.74) is 1.16. The van der Waals surface area contributed by atoms with Gasteiger partial charge in [-0.15, -0.1) is 0 Å². The summed E-state index contributed by atoms with van der Waals surface area (Å²) >= 11 is 2.09. The van der Waals surface area contributed by atoms with Gasteiger partial charge in [0.25, 0.3) is 0 Å². The molecule has 1 aromatic carbocycles. The zero-order valence-corrected chi connectivity index (χ0v) is 15.6. The van der Waals surface area contributed by atoms with Crippen LogP contribution in [0, 0.1) is 0 Å². The van der Waals surface area contributed by atoms with E-state index in [1.165, 1.54) is 24.3 Å². The summed E-state index contributed by atoms with van der Waals surface area (Å²) in [5.74, 6) is 2.94. The molecule has 132 valence electrons. The summed E-state index contributed by atoms with van der Waals surface area (Å²) in [7, 11) is 0. The molecule has 0 aliphatic carbocycles. The highest BCUT2D eigenvalue weighted by Crippen LogP contribution is 2.25. The largest absolute Gasteiger partial charge is 0.341 e. The number of rotatable bonds is 4. The van der Waals surface area contributed by atoms with Gasteiger partial charge in [-0.1, -0.05) is 37.3 Å². The molecule has 0 aromatic heterocycles. The fourth-order valence-electron chi connectivity index (χ4n) is 4.03. The van der Waals surface area contributed by atoms with Crippen molar-refractivity contribution in [3.63, 3.8) is 0 Å². The van der Waals surface area contributed by atoms with Crippen molar-refractivity contribution in [2.75, 3.05) is 37.7 Å². The van der Waals surface area contributed by atoms with Gasteiger partial charge in [-0.3, -0.25) is 9.69 Å². The Labute approximate surface area is 150 Å². The van der Waals surface area contributed by atoms with Crippen LogP contribution >= 0.6 is 11.8 Å². The van der Waals surface area contributed by atoms with Crippen LogP contribution in [-0.4, -0.2) is 59.4 Å². The van der Waals surface area contributed by atoms with Crippen LogP contribution in [0.4, 0.5) is 0 Å². The third-order valence-corrected chi connectivity index (χ3v) is 6.51. The van der Waals surface area contributed by atoms with Gasteiger partial charge in [0.2, 0.25) is 5.91 Å². The van der Waals surface area contributed by atoms with Crippen molar-refractivity contribution in [1.82, 2.24) is 9.80 Å². The van der Waals surface area contributed by atoms with Gasteiger partial charge in [-0.25, -0.2) is 0 Å². The molecule has 3 nitrogen and oxygen atoms in total. The molecule has 0 unspecified atom stereocenters. The molecule has 1 aromatic rings. The number of carbonyl (C=O) groups is 1. The number of thioether (sulfide) groups is 1.